The highest BCUT2D eigenvalue weighted by Crippen LogP contribution is 2.45. The van der Waals surface area contributed by atoms with E-state index in [9.17, 15) is 4.39 Å². The van der Waals surface area contributed by atoms with E-state index in [1.54, 1.807) is 25.1 Å². The van der Waals surface area contributed by atoms with Gasteiger partial charge in [-0.25, -0.2) is 4.39 Å². The molecule has 35 heavy (non-hydrogen) atoms. The molecule has 1 atom stereocenters. The molecule has 0 N–H and O–H groups in total. The van der Waals surface area contributed by atoms with Crippen molar-refractivity contribution in [2.24, 2.45) is 11.8 Å². The molecule has 0 spiro atoms. The van der Waals surface area contributed by atoms with Crippen molar-refractivity contribution >= 4 is 5.57 Å². The van der Waals surface area contributed by atoms with Gasteiger partial charge in [0.1, 0.15) is 0 Å². The van der Waals surface area contributed by atoms with E-state index in [1.165, 1.54) is 38.5 Å². The lowest BCUT2D eigenvalue weighted by atomic mass is 9.76. The average Bonchev–Trinajstić information content (AvgIpc) is 2.88. The summed E-state index contributed by atoms with van der Waals surface area (Å²) in [6, 6.07) is 4.87. The van der Waals surface area contributed by atoms with Gasteiger partial charge >= 0.3 is 0 Å². The summed E-state index contributed by atoms with van der Waals surface area (Å²) in [6.45, 7) is 4.54. The van der Waals surface area contributed by atoms with Crippen LogP contribution in [0.25, 0.3) is 5.57 Å². The van der Waals surface area contributed by atoms with Crippen LogP contribution in [0.5, 0.6) is 17.2 Å². The lowest BCUT2D eigenvalue weighted by molar-refractivity contribution is 0.00858. The third kappa shape index (κ3) is 4.69. The molecule has 1 aliphatic carbocycles. The van der Waals surface area contributed by atoms with Crippen LogP contribution < -0.4 is 9.47 Å². The fourth-order valence-corrected chi connectivity index (χ4v) is 5.89. The van der Waals surface area contributed by atoms with E-state index >= 15 is 8.78 Å². The van der Waals surface area contributed by atoms with E-state index < -0.39 is 17.5 Å². The first kappa shape index (κ1) is 24.2. The molecule has 1 fully saturated rings. The summed E-state index contributed by atoms with van der Waals surface area (Å²) in [4.78, 5) is 0. The Kier molecular flexibility index (Phi) is 7.10. The Morgan fingerprint density at radius 1 is 0.943 bits per heavy atom. The maximum absolute atomic E-state index is 15.1. The molecule has 0 aromatic heterocycles. The number of benzene rings is 2. The molecule has 1 saturated carbocycles. The Balaban J connectivity index is 1.34. The minimum absolute atomic E-state index is 0.0325. The van der Waals surface area contributed by atoms with E-state index in [2.05, 4.69) is 6.92 Å². The molecule has 3 aliphatic rings. The van der Waals surface area contributed by atoms with E-state index in [4.69, 9.17) is 14.2 Å². The van der Waals surface area contributed by atoms with Gasteiger partial charge in [-0.2, -0.15) is 8.78 Å². The molecule has 0 saturated heterocycles. The third-order valence-electron chi connectivity index (χ3n) is 7.78. The van der Waals surface area contributed by atoms with Crippen molar-refractivity contribution < 1.29 is 27.4 Å². The highest BCUT2D eigenvalue weighted by Gasteiger charge is 2.32. The van der Waals surface area contributed by atoms with Crippen molar-refractivity contribution in [2.75, 3.05) is 13.2 Å². The zero-order valence-corrected chi connectivity index (χ0v) is 20.5. The van der Waals surface area contributed by atoms with Crippen LogP contribution in [-0.2, 0) is 11.2 Å². The maximum atomic E-state index is 15.1. The Labute approximate surface area is 205 Å². The van der Waals surface area contributed by atoms with E-state index in [1.807, 2.05) is 6.08 Å². The van der Waals surface area contributed by atoms with E-state index in [-0.39, 0.29) is 48.6 Å². The Hall–Kier alpha value is -2.47. The SMILES string of the molecule is CCCC1CCC(C2CC=C(c3cc4c(c(F)c3F)Oc3c(ccc(OCC)c3F)C4)CO2)CC1. The molecule has 0 bridgehead atoms. The van der Waals surface area contributed by atoms with Crippen molar-refractivity contribution in [2.45, 2.75) is 71.3 Å². The summed E-state index contributed by atoms with van der Waals surface area (Å²) in [5, 5.41) is 0. The number of hydrogen-bond donors (Lipinski definition) is 0. The molecular weight excluding hydrogens is 453 g/mol. The van der Waals surface area contributed by atoms with Gasteiger partial charge in [-0.15, -0.1) is 0 Å². The van der Waals surface area contributed by atoms with Crippen molar-refractivity contribution in [3.8, 4) is 17.2 Å². The van der Waals surface area contributed by atoms with Gasteiger partial charge in [0.05, 0.1) is 19.3 Å². The number of halogens is 3. The predicted octanol–water partition coefficient (Wildman–Crippen LogP) is 7.98. The predicted molar refractivity (Wildman–Crippen MR) is 129 cm³/mol. The van der Waals surface area contributed by atoms with Gasteiger partial charge < -0.3 is 14.2 Å². The Morgan fingerprint density at radius 3 is 2.40 bits per heavy atom. The van der Waals surface area contributed by atoms with Crippen molar-refractivity contribution in [1.29, 1.82) is 0 Å². The monoisotopic (exact) mass is 486 g/mol. The van der Waals surface area contributed by atoms with Gasteiger partial charge in [0, 0.05) is 23.1 Å². The Morgan fingerprint density at radius 2 is 1.71 bits per heavy atom. The first-order chi connectivity index (χ1) is 17.0. The van der Waals surface area contributed by atoms with E-state index in [0.29, 0.717) is 29.0 Å². The van der Waals surface area contributed by atoms with Crippen molar-refractivity contribution in [3.63, 3.8) is 0 Å². The number of fused-ring (bicyclic) bond motifs is 2. The number of rotatable bonds is 6. The molecule has 2 aliphatic heterocycles. The molecule has 6 heteroatoms. The summed E-state index contributed by atoms with van der Waals surface area (Å²) >= 11 is 0. The summed E-state index contributed by atoms with van der Waals surface area (Å²) < 4.78 is 62.1. The van der Waals surface area contributed by atoms with Crippen LogP contribution in [0, 0.1) is 29.3 Å². The number of hydrogen-bond acceptors (Lipinski definition) is 3. The smallest absolute Gasteiger partial charge is 0.207 e. The second kappa shape index (κ2) is 10.3. The van der Waals surface area contributed by atoms with Gasteiger partial charge in [0.15, 0.2) is 23.1 Å². The fraction of sp³-hybridized carbons (Fsp3) is 0.517. The molecule has 2 aromatic rings. The fourth-order valence-electron chi connectivity index (χ4n) is 5.89. The van der Waals surface area contributed by atoms with Crippen LogP contribution in [0.2, 0.25) is 0 Å². The van der Waals surface area contributed by atoms with Crippen LogP contribution in [0.4, 0.5) is 13.2 Å². The second-order valence-corrected chi connectivity index (χ2v) is 10.0. The largest absolute Gasteiger partial charge is 0.491 e. The van der Waals surface area contributed by atoms with Crippen LogP contribution in [0.1, 0.15) is 75.5 Å². The zero-order chi connectivity index (χ0) is 24.5. The normalized spacial score (nSPS) is 23.7. The minimum atomic E-state index is -1.10. The first-order valence-corrected chi connectivity index (χ1v) is 12.9. The van der Waals surface area contributed by atoms with Gasteiger partial charge in [0.2, 0.25) is 11.6 Å². The topological polar surface area (TPSA) is 27.7 Å². The van der Waals surface area contributed by atoms with E-state index in [0.717, 1.165) is 5.92 Å². The standard InChI is InChI=1S/C29H33F3O3/c1-3-5-17-6-8-18(9-7-17)23-12-11-20(16-34-23)22-15-21-14-19-10-13-24(33-4-2)26(31)28(19)35-29(21)27(32)25(22)30/h10-11,13,15,17-18,23H,3-9,12,14,16H2,1-2H3. The van der Waals surface area contributed by atoms with Gasteiger partial charge in [-0.1, -0.05) is 44.7 Å². The third-order valence-corrected chi connectivity index (χ3v) is 7.78. The molecular formula is C29H33F3O3. The van der Waals surface area contributed by atoms with Gasteiger partial charge in [0.25, 0.3) is 0 Å². The molecule has 2 heterocycles. The lowest BCUT2D eigenvalue weighted by Gasteiger charge is -2.35. The molecule has 0 amide bonds. The summed E-state index contributed by atoms with van der Waals surface area (Å²) in [7, 11) is 0. The van der Waals surface area contributed by atoms with Crippen molar-refractivity contribution in [3.05, 3.63) is 58.4 Å². The first-order valence-electron chi connectivity index (χ1n) is 12.9. The maximum Gasteiger partial charge on any atom is 0.207 e. The summed E-state index contributed by atoms with van der Waals surface area (Å²) in [5.41, 5.74) is 1.92. The average molecular weight is 487 g/mol. The van der Waals surface area contributed by atoms with Gasteiger partial charge in [-0.3, -0.25) is 0 Å². The zero-order valence-electron chi connectivity index (χ0n) is 20.5. The van der Waals surface area contributed by atoms with Crippen LogP contribution in [0.3, 0.4) is 0 Å². The van der Waals surface area contributed by atoms with Crippen LogP contribution in [0.15, 0.2) is 24.3 Å². The van der Waals surface area contributed by atoms with Crippen molar-refractivity contribution in [1.82, 2.24) is 0 Å². The highest BCUT2D eigenvalue weighted by atomic mass is 19.2. The summed E-state index contributed by atoms with van der Waals surface area (Å²) in [6.07, 6.45) is 10.5. The minimum Gasteiger partial charge on any atom is -0.491 e. The lowest BCUT2D eigenvalue weighted by Crippen LogP contribution is -2.30. The van der Waals surface area contributed by atoms with Crippen LogP contribution in [-0.4, -0.2) is 19.3 Å². The second-order valence-electron chi connectivity index (χ2n) is 10.0. The van der Waals surface area contributed by atoms with Crippen LogP contribution >= 0.6 is 0 Å². The molecule has 3 nitrogen and oxygen atoms in total. The molecule has 188 valence electrons. The molecule has 0 radical (unpaired) electrons. The van der Waals surface area contributed by atoms with Gasteiger partial charge in [-0.05, 0) is 55.7 Å². The summed E-state index contributed by atoms with van der Waals surface area (Å²) in [5.74, 6) is -1.74. The Bertz CT molecular complexity index is 1120. The molecule has 5 rings (SSSR count). The number of ether oxygens (including phenoxy) is 3. The quantitative estimate of drug-likeness (QED) is 0.354. The highest BCUT2D eigenvalue weighted by molar-refractivity contribution is 5.70. The molecule has 2 aromatic carbocycles. The molecule has 1 unspecified atom stereocenters.